The van der Waals surface area contributed by atoms with E-state index < -0.39 is 0 Å². The molecule has 1 amide bonds. The zero-order valence-electron chi connectivity index (χ0n) is 16.5. The van der Waals surface area contributed by atoms with Crippen LogP contribution in [0.4, 0.5) is 17.3 Å². The van der Waals surface area contributed by atoms with E-state index in [1.165, 1.54) is 5.56 Å². The van der Waals surface area contributed by atoms with Crippen molar-refractivity contribution in [3.8, 4) is 5.75 Å². The predicted octanol–water partition coefficient (Wildman–Crippen LogP) is 4.66. The lowest BCUT2D eigenvalue weighted by atomic mass is 10.1. The molecule has 3 rings (SSSR count). The smallest absolute Gasteiger partial charge is 0.274 e. The van der Waals surface area contributed by atoms with Crippen LogP contribution in [-0.4, -0.2) is 23.0 Å². The number of aromatic nitrogens is 2. The first kappa shape index (κ1) is 19.4. The molecule has 0 bridgehead atoms. The van der Waals surface area contributed by atoms with E-state index in [-0.39, 0.29) is 11.6 Å². The van der Waals surface area contributed by atoms with Crippen LogP contribution in [0.5, 0.6) is 5.75 Å². The lowest BCUT2D eigenvalue weighted by molar-refractivity contribution is 0.102. The number of hydrogen-bond acceptors (Lipinski definition) is 5. The summed E-state index contributed by atoms with van der Waals surface area (Å²) in [5.74, 6) is 0.656. The van der Waals surface area contributed by atoms with Gasteiger partial charge in [0.2, 0.25) is 5.95 Å². The van der Waals surface area contributed by atoms with Gasteiger partial charge in [-0.05, 0) is 61.7 Å². The van der Waals surface area contributed by atoms with Gasteiger partial charge in [0.15, 0.2) is 0 Å². The first-order valence-electron chi connectivity index (χ1n) is 9.16. The molecular formula is C22H24N4O2. The number of carbonyl (C=O) groups excluding carboxylic acids is 1. The summed E-state index contributed by atoms with van der Waals surface area (Å²) < 4.78 is 5.32. The Balaban J connectivity index is 1.82. The summed E-state index contributed by atoms with van der Waals surface area (Å²) in [6.07, 6.45) is 0.980. The third kappa shape index (κ3) is 4.65. The van der Waals surface area contributed by atoms with E-state index in [0.29, 0.717) is 23.1 Å². The minimum absolute atomic E-state index is 0.281. The average Bonchev–Trinajstić information content (AvgIpc) is 2.68. The number of benzene rings is 2. The third-order valence-electron chi connectivity index (χ3n) is 4.31. The van der Waals surface area contributed by atoms with Crippen molar-refractivity contribution in [3.63, 3.8) is 0 Å². The average molecular weight is 376 g/mol. The first-order valence-corrected chi connectivity index (χ1v) is 9.16. The van der Waals surface area contributed by atoms with E-state index in [1.54, 1.807) is 13.2 Å². The molecule has 144 valence electrons. The largest absolute Gasteiger partial charge is 0.495 e. The quantitative estimate of drug-likeness (QED) is 0.654. The molecule has 0 fully saturated rings. The second-order valence-electron chi connectivity index (χ2n) is 6.55. The Morgan fingerprint density at radius 1 is 1.04 bits per heavy atom. The minimum atomic E-state index is -0.321. The van der Waals surface area contributed by atoms with Crippen molar-refractivity contribution in [2.75, 3.05) is 17.7 Å². The number of methoxy groups -OCH3 is 1. The summed E-state index contributed by atoms with van der Waals surface area (Å²) in [5.41, 5.74) is 4.73. The van der Waals surface area contributed by atoms with E-state index in [1.807, 2.05) is 44.2 Å². The molecule has 0 aliphatic carbocycles. The van der Waals surface area contributed by atoms with Gasteiger partial charge in [-0.3, -0.25) is 4.79 Å². The number of carbonyl (C=O) groups is 1. The topological polar surface area (TPSA) is 76.1 Å². The third-order valence-corrected chi connectivity index (χ3v) is 4.31. The highest BCUT2D eigenvalue weighted by Crippen LogP contribution is 2.26. The molecular weight excluding hydrogens is 352 g/mol. The summed E-state index contributed by atoms with van der Waals surface area (Å²) in [4.78, 5) is 21.5. The maximum Gasteiger partial charge on any atom is 0.274 e. The minimum Gasteiger partial charge on any atom is -0.495 e. The molecule has 3 aromatic rings. The van der Waals surface area contributed by atoms with Crippen LogP contribution in [0.3, 0.4) is 0 Å². The summed E-state index contributed by atoms with van der Waals surface area (Å²) in [6.45, 7) is 5.90. The van der Waals surface area contributed by atoms with Crippen molar-refractivity contribution in [1.82, 2.24) is 9.97 Å². The normalized spacial score (nSPS) is 10.4. The summed E-state index contributed by atoms with van der Waals surface area (Å²) >= 11 is 0. The van der Waals surface area contributed by atoms with Crippen molar-refractivity contribution in [2.45, 2.75) is 27.2 Å². The Kier molecular flexibility index (Phi) is 5.89. The summed E-state index contributed by atoms with van der Waals surface area (Å²) in [5, 5.41) is 6.03. The SMILES string of the molecule is CCc1ccc(Nc2nc(C)cc(C(=O)Nc3cc(C)ccc3OC)n2)cc1. The molecule has 0 aliphatic heterocycles. The van der Waals surface area contributed by atoms with Crippen molar-refractivity contribution in [2.24, 2.45) is 0 Å². The monoisotopic (exact) mass is 376 g/mol. The molecule has 0 atom stereocenters. The molecule has 0 saturated heterocycles. The Labute approximate surface area is 165 Å². The van der Waals surface area contributed by atoms with Crippen LogP contribution in [0, 0.1) is 13.8 Å². The number of ether oxygens (including phenoxy) is 1. The second kappa shape index (κ2) is 8.52. The molecule has 0 radical (unpaired) electrons. The lowest BCUT2D eigenvalue weighted by Gasteiger charge is -2.12. The Morgan fingerprint density at radius 2 is 1.79 bits per heavy atom. The molecule has 6 heteroatoms. The molecule has 0 unspecified atom stereocenters. The van der Waals surface area contributed by atoms with Crippen LogP contribution in [0.2, 0.25) is 0 Å². The molecule has 0 aliphatic rings. The van der Waals surface area contributed by atoms with Crippen LogP contribution in [0.25, 0.3) is 0 Å². The first-order chi connectivity index (χ1) is 13.5. The van der Waals surface area contributed by atoms with Crippen LogP contribution in [0.1, 0.15) is 34.2 Å². The predicted molar refractivity (Wildman–Crippen MR) is 112 cm³/mol. The molecule has 28 heavy (non-hydrogen) atoms. The molecule has 0 spiro atoms. The lowest BCUT2D eigenvalue weighted by Crippen LogP contribution is -2.16. The second-order valence-corrected chi connectivity index (χ2v) is 6.55. The fourth-order valence-electron chi connectivity index (χ4n) is 2.80. The zero-order valence-corrected chi connectivity index (χ0v) is 16.5. The van der Waals surface area contributed by atoms with Crippen LogP contribution < -0.4 is 15.4 Å². The van der Waals surface area contributed by atoms with Gasteiger partial charge in [0.1, 0.15) is 11.4 Å². The number of nitrogens with one attached hydrogen (secondary N) is 2. The van der Waals surface area contributed by atoms with Gasteiger partial charge < -0.3 is 15.4 Å². The number of aryl methyl sites for hydroxylation is 3. The van der Waals surface area contributed by atoms with Gasteiger partial charge >= 0.3 is 0 Å². The molecule has 2 N–H and O–H groups in total. The van der Waals surface area contributed by atoms with E-state index >= 15 is 0 Å². The van der Waals surface area contributed by atoms with E-state index in [0.717, 1.165) is 17.7 Å². The van der Waals surface area contributed by atoms with E-state index in [9.17, 15) is 4.79 Å². The highest BCUT2D eigenvalue weighted by atomic mass is 16.5. The number of amides is 1. The van der Waals surface area contributed by atoms with Crippen LogP contribution in [0.15, 0.2) is 48.5 Å². The van der Waals surface area contributed by atoms with Gasteiger partial charge in [-0.2, -0.15) is 0 Å². The number of hydrogen-bond donors (Lipinski definition) is 2. The van der Waals surface area contributed by atoms with Gasteiger partial charge in [-0.15, -0.1) is 0 Å². The van der Waals surface area contributed by atoms with Gasteiger partial charge in [-0.25, -0.2) is 9.97 Å². The molecule has 2 aromatic carbocycles. The highest BCUT2D eigenvalue weighted by molar-refractivity contribution is 6.04. The standard InChI is InChI=1S/C22H24N4O2/c1-5-16-7-9-17(10-8-16)24-22-23-15(3)13-19(26-22)21(27)25-18-12-14(2)6-11-20(18)28-4/h6-13H,5H2,1-4H3,(H,25,27)(H,23,24,26). The fourth-order valence-corrected chi connectivity index (χ4v) is 2.80. The zero-order chi connectivity index (χ0) is 20.1. The number of nitrogens with zero attached hydrogens (tertiary/aromatic N) is 2. The number of rotatable bonds is 6. The maximum absolute atomic E-state index is 12.7. The van der Waals surface area contributed by atoms with Crippen molar-refractivity contribution < 1.29 is 9.53 Å². The Bertz CT molecular complexity index is 984. The van der Waals surface area contributed by atoms with E-state index in [2.05, 4.69) is 39.7 Å². The van der Waals surface area contributed by atoms with Crippen molar-refractivity contribution in [1.29, 1.82) is 0 Å². The van der Waals surface area contributed by atoms with Crippen LogP contribution >= 0.6 is 0 Å². The Morgan fingerprint density at radius 3 is 2.46 bits per heavy atom. The maximum atomic E-state index is 12.7. The Hall–Kier alpha value is -3.41. The van der Waals surface area contributed by atoms with Crippen molar-refractivity contribution in [3.05, 3.63) is 71.0 Å². The van der Waals surface area contributed by atoms with Gasteiger partial charge in [-0.1, -0.05) is 25.1 Å². The number of anilines is 3. The molecule has 1 aromatic heterocycles. The highest BCUT2D eigenvalue weighted by Gasteiger charge is 2.14. The van der Waals surface area contributed by atoms with E-state index in [4.69, 9.17) is 4.74 Å². The summed E-state index contributed by atoms with van der Waals surface area (Å²) in [6, 6.07) is 15.3. The van der Waals surface area contributed by atoms with Gasteiger partial charge in [0, 0.05) is 11.4 Å². The molecule has 1 heterocycles. The fraction of sp³-hybridized carbons (Fsp3) is 0.227. The molecule has 6 nitrogen and oxygen atoms in total. The van der Waals surface area contributed by atoms with Crippen LogP contribution in [-0.2, 0) is 6.42 Å². The van der Waals surface area contributed by atoms with Gasteiger partial charge in [0.25, 0.3) is 5.91 Å². The summed E-state index contributed by atoms with van der Waals surface area (Å²) in [7, 11) is 1.57. The molecule has 0 saturated carbocycles. The van der Waals surface area contributed by atoms with Gasteiger partial charge in [0.05, 0.1) is 12.8 Å². The van der Waals surface area contributed by atoms with Crippen molar-refractivity contribution >= 4 is 23.2 Å².